The maximum absolute atomic E-state index is 13.8. The van der Waals surface area contributed by atoms with Crippen LogP contribution >= 0.6 is 0 Å². The molecule has 0 radical (unpaired) electrons. The molecule has 4 atom stereocenters. The first kappa shape index (κ1) is 37.4. The summed E-state index contributed by atoms with van der Waals surface area (Å²) in [6.45, 7) is 3.90. The summed E-state index contributed by atoms with van der Waals surface area (Å²) in [6.07, 6.45) is -4.91. The maximum Gasteiger partial charge on any atom is 0.408 e. The van der Waals surface area contributed by atoms with Crippen LogP contribution in [0.2, 0.25) is 0 Å². The highest BCUT2D eigenvalue weighted by atomic mass is 16.6. The second kappa shape index (κ2) is 16.1. The topological polar surface area (TPSA) is 247 Å². The number of aromatic hydroxyl groups is 2. The predicted molar refractivity (Wildman–Crippen MR) is 171 cm³/mol. The van der Waals surface area contributed by atoms with Crippen molar-refractivity contribution in [3.63, 3.8) is 0 Å². The number of phenolic OH excluding ortho intramolecular Hbond substituents is 2. The van der Waals surface area contributed by atoms with E-state index < -0.39 is 72.7 Å². The number of likely N-dealkylation sites (N-methyl/N-ethyl adjacent to an activating group) is 1. The van der Waals surface area contributed by atoms with Gasteiger partial charge in [0.25, 0.3) is 0 Å². The molecule has 0 aliphatic carbocycles. The first-order chi connectivity index (χ1) is 22.5. The Morgan fingerprint density at radius 2 is 1.56 bits per heavy atom. The molecule has 0 saturated carbocycles. The molecule has 16 heteroatoms. The number of benzene rings is 2. The molecule has 1 heterocycles. The Bertz CT molecular complexity index is 1510. The van der Waals surface area contributed by atoms with E-state index in [1.54, 1.807) is 45.0 Å². The Balaban J connectivity index is 2.16. The molecule has 4 bridgehead atoms. The SMILES string of the molecule is CN(CCO)C(=O)[C@@H]1Cc2cc(ccc2O)-c2ccc(O)c(c2)C[C@H](NC(=O)OC(C)(C)C)C(=O)N[C@@H](CC(O)CNC(=O)O)C(=O)N1. The van der Waals surface area contributed by atoms with Crippen molar-refractivity contribution < 1.29 is 54.2 Å². The van der Waals surface area contributed by atoms with Gasteiger partial charge < -0.3 is 56.4 Å². The number of phenols is 2. The maximum atomic E-state index is 13.8. The van der Waals surface area contributed by atoms with Gasteiger partial charge in [0.1, 0.15) is 35.2 Å². The predicted octanol–water partition coefficient (Wildman–Crippen LogP) is 0.196. The Labute approximate surface area is 277 Å². The smallest absolute Gasteiger partial charge is 0.408 e. The van der Waals surface area contributed by atoms with Crippen molar-refractivity contribution >= 4 is 29.9 Å². The standard InChI is InChI=1S/C32H43N5O11/c1-32(2,3)48-31(47)36-22-13-19-11-17(5-7-25(19)40)18-6-8-26(41)20(12-18)14-24(29(44)37(4)9-10-38)35-28(43)23(34-27(22)42)15-21(39)16-33-30(45)46/h5-8,11-12,21-24,33,38-41H,9-10,13-16H2,1-4H3,(H,34,42)(H,35,43)(H,36,47)(H,45,46)/t21?,22-,23-,24-/m0/s1. The summed E-state index contributed by atoms with van der Waals surface area (Å²) in [4.78, 5) is 66.1. The number of nitrogens with one attached hydrogen (secondary N) is 4. The second-order valence-corrected chi connectivity index (χ2v) is 12.5. The molecule has 262 valence electrons. The highest BCUT2D eigenvalue weighted by molar-refractivity contribution is 5.94. The molecule has 2 aromatic carbocycles. The number of aliphatic hydroxyl groups is 2. The van der Waals surface area contributed by atoms with E-state index in [-0.39, 0.29) is 48.6 Å². The third-order valence-corrected chi connectivity index (χ3v) is 7.40. The normalized spacial score (nSPS) is 19.0. The van der Waals surface area contributed by atoms with E-state index >= 15 is 0 Å². The third-order valence-electron chi connectivity index (χ3n) is 7.40. The minimum Gasteiger partial charge on any atom is -0.508 e. The Morgan fingerprint density at radius 3 is 2.10 bits per heavy atom. The molecule has 3 rings (SSSR count). The molecule has 0 spiro atoms. The number of carbonyl (C=O) groups is 5. The number of hydrogen-bond acceptors (Lipinski definition) is 10. The summed E-state index contributed by atoms with van der Waals surface area (Å²) in [5, 5.41) is 60.0. The van der Waals surface area contributed by atoms with Crippen molar-refractivity contribution in [3.8, 4) is 22.6 Å². The summed E-state index contributed by atoms with van der Waals surface area (Å²) in [5.74, 6) is -2.88. The monoisotopic (exact) mass is 673 g/mol. The number of amides is 5. The number of hydrogen-bond donors (Lipinski definition) is 9. The summed E-state index contributed by atoms with van der Waals surface area (Å²) in [5.41, 5.74) is 0.690. The van der Waals surface area contributed by atoms with E-state index in [4.69, 9.17) is 9.84 Å². The van der Waals surface area contributed by atoms with Crippen LogP contribution in [0.3, 0.4) is 0 Å². The van der Waals surface area contributed by atoms with Gasteiger partial charge in [-0.25, -0.2) is 9.59 Å². The van der Waals surface area contributed by atoms with Gasteiger partial charge in [0.15, 0.2) is 0 Å². The molecule has 5 amide bonds. The number of nitrogens with zero attached hydrogens (tertiary/aromatic N) is 1. The van der Waals surface area contributed by atoms with Gasteiger partial charge in [0, 0.05) is 39.4 Å². The van der Waals surface area contributed by atoms with Gasteiger partial charge in [-0.2, -0.15) is 0 Å². The van der Waals surface area contributed by atoms with Crippen LogP contribution < -0.4 is 21.3 Å². The molecule has 48 heavy (non-hydrogen) atoms. The van der Waals surface area contributed by atoms with Gasteiger partial charge in [-0.05, 0) is 67.3 Å². The average Bonchev–Trinajstić information content (AvgIpc) is 2.99. The van der Waals surface area contributed by atoms with Crippen LogP contribution in [-0.4, -0.2) is 117 Å². The minimum absolute atomic E-state index is 0.0781. The quantitative estimate of drug-likeness (QED) is 0.183. The van der Waals surface area contributed by atoms with Gasteiger partial charge in [-0.1, -0.05) is 12.1 Å². The second-order valence-electron chi connectivity index (χ2n) is 12.5. The number of alkyl carbamates (subject to hydrolysis) is 1. The van der Waals surface area contributed by atoms with Crippen LogP contribution in [0.5, 0.6) is 11.5 Å². The number of aliphatic hydroxyl groups excluding tert-OH is 2. The summed E-state index contributed by atoms with van der Waals surface area (Å²) >= 11 is 0. The van der Waals surface area contributed by atoms with Gasteiger partial charge in [-0.3, -0.25) is 14.4 Å². The molecule has 16 nitrogen and oxygen atoms in total. The Kier molecular flexibility index (Phi) is 12.6. The number of rotatable bonds is 8. The van der Waals surface area contributed by atoms with E-state index in [9.17, 15) is 44.4 Å². The highest BCUT2D eigenvalue weighted by Gasteiger charge is 2.34. The van der Waals surface area contributed by atoms with Crippen molar-refractivity contribution in [2.75, 3.05) is 26.7 Å². The van der Waals surface area contributed by atoms with E-state index in [0.717, 1.165) is 0 Å². The number of fused-ring (bicyclic) bond motifs is 5. The van der Waals surface area contributed by atoms with E-state index in [1.165, 1.54) is 24.1 Å². The first-order valence-electron chi connectivity index (χ1n) is 15.2. The van der Waals surface area contributed by atoms with Crippen LogP contribution in [-0.2, 0) is 32.0 Å². The molecular weight excluding hydrogens is 630 g/mol. The van der Waals surface area contributed by atoms with E-state index in [2.05, 4.69) is 16.0 Å². The molecule has 1 aliphatic heterocycles. The van der Waals surface area contributed by atoms with Crippen LogP contribution in [0.15, 0.2) is 36.4 Å². The molecule has 2 aromatic rings. The van der Waals surface area contributed by atoms with Gasteiger partial charge in [0.05, 0.1) is 12.7 Å². The van der Waals surface area contributed by atoms with Crippen LogP contribution in [0.25, 0.3) is 11.1 Å². The zero-order valence-corrected chi connectivity index (χ0v) is 27.1. The first-order valence-corrected chi connectivity index (χ1v) is 15.2. The summed E-state index contributed by atoms with van der Waals surface area (Å²) in [7, 11) is 1.40. The number of carboxylic acid groups (broad SMARTS) is 1. The molecule has 9 N–H and O–H groups in total. The zero-order chi connectivity index (χ0) is 35.8. The molecule has 0 aromatic heterocycles. The van der Waals surface area contributed by atoms with Crippen molar-refractivity contribution in [1.82, 2.24) is 26.2 Å². The summed E-state index contributed by atoms with van der Waals surface area (Å²) in [6, 6.07) is 4.85. The molecule has 1 unspecified atom stereocenters. The van der Waals surface area contributed by atoms with Crippen molar-refractivity contribution in [1.29, 1.82) is 0 Å². The lowest BCUT2D eigenvalue weighted by Crippen LogP contribution is -2.58. The average molecular weight is 674 g/mol. The summed E-state index contributed by atoms with van der Waals surface area (Å²) < 4.78 is 5.33. The van der Waals surface area contributed by atoms with E-state index in [1.807, 2.05) is 5.32 Å². The zero-order valence-electron chi connectivity index (χ0n) is 27.1. The fourth-order valence-corrected chi connectivity index (χ4v) is 5.02. The van der Waals surface area contributed by atoms with Gasteiger partial charge in [0.2, 0.25) is 17.7 Å². The van der Waals surface area contributed by atoms with Gasteiger partial charge >= 0.3 is 12.2 Å². The lowest BCUT2D eigenvalue weighted by molar-refractivity contribution is -0.137. The fraction of sp³-hybridized carbons (Fsp3) is 0.469. The minimum atomic E-state index is -1.57. The van der Waals surface area contributed by atoms with Crippen molar-refractivity contribution in [3.05, 3.63) is 47.5 Å². The molecule has 0 fully saturated rings. The number of ether oxygens (including phenoxy) is 1. The fourth-order valence-electron chi connectivity index (χ4n) is 5.02. The lowest BCUT2D eigenvalue weighted by Gasteiger charge is -2.29. The number of carbonyl (C=O) groups excluding carboxylic acids is 4. The third kappa shape index (κ3) is 10.7. The van der Waals surface area contributed by atoms with Crippen molar-refractivity contribution in [2.24, 2.45) is 0 Å². The largest absolute Gasteiger partial charge is 0.508 e. The highest BCUT2D eigenvalue weighted by Crippen LogP contribution is 2.31. The molecule has 0 saturated heterocycles. The molecule has 1 aliphatic rings. The van der Waals surface area contributed by atoms with Crippen molar-refractivity contribution in [2.45, 2.75) is 69.9 Å². The Hall–Kier alpha value is -5.09. The van der Waals surface area contributed by atoms with Crippen LogP contribution in [0, 0.1) is 0 Å². The van der Waals surface area contributed by atoms with Crippen LogP contribution in [0.1, 0.15) is 38.3 Å². The van der Waals surface area contributed by atoms with Gasteiger partial charge in [-0.15, -0.1) is 0 Å². The lowest BCUT2D eigenvalue weighted by atomic mass is 9.95. The van der Waals surface area contributed by atoms with Crippen LogP contribution in [0.4, 0.5) is 9.59 Å². The van der Waals surface area contributed by atoms with E-state index in [0.29, 0.717) is 11.1 Å². The Morgan fingerprint density at radius 1 is 0.979 bits per heavy atom. The molecular formula is C32H43N5O11.